The normalized spacial score (nSPS) is 16.0. The molecule has 2 aromatic rings. The molecule has 0 unspecified atom stereocenters. The molecular weight excluding hydrogens is 298 g/mol. The zero-order valence-corrected chi connectivity index (χ0v) is 12.8. The van der Waals surface area contributed by atoms with E-state index >= 15 is 0 Å². The third kappa shape index (κ3) is 1.91. The minimum absolute atomic E-state index is 0.139. The largest absolute Gasteiger partial charge is 0.285 e. The lowest BCUT2D eigenvalue weighted by atomic mass is 10.1. The SMILES string of the molecule is C[N+]1=C2c3ccccc3Sc3cc([N+](=O)[O-])ccc3N2CC1. The van der Waals surface area contributed by atoms with E-state index in [1.165, 1.54) is 11.4 Å². The average Bonchev–Trinajstić information content (AvgIpc) is 2.82. The van der Waals surface area contributed by atoms with Crippen molar-refractivity contribution in [1.29, 1.82) is 0 Å². The fraction of sp³-hybridized carbons (Fsp3) is 0.188. The Labute approximate surface area is 132 Å². The molecule has 5 nitrogen and oxygen atoms in total. The van der Waals surface area contributed by atoms with E-state index in [0.29, 0.717) is 0 Å². The van der Waals surface area contributed by atoms with Crippen LogP contribution in [0.1, 0.15) is 5.56 Å². The first-order valence-electron chi connectivity index (χ1n) is 7.06. The molecule has 0 saturated carbocycles. The summed E-state index contributed by atoms with van der Waals surface area (Å²) in [5, 5.41) is 11.1. The van der Waals surface area contributed by atoms with Crippen LogP contribution >= 0.6 is 11.8 Å². The molecule has 0 radical (unpaired) electrons. The van der Waals surface area contributed by atoms with Gasteiger partial charge in [-0.05, 0) is 18.2 Å². The standard InChI is InChI=1S/C16H14N3O2S/c1-17-8-9-18-13-7-6-11(19(20)21)10-15(13)22-14-5-3-2-4-12(14)16(17)18/h2-7,10H,8-9H2,1H3/q+1. The van der Waals surface area contributed by atoms with E-state index in [0.717, 1.165) is 28.6 Å². The summed E-state index contributed by atoms with van der Waals surface area (Å²) in [5.74, 6) is 1.18. The van der Waals surface area contributed by atoms with E-state index in [9.17, 15) is 10.1 Å². The van der Waals surface area contributed by atoms with Gasteiger partial charge in [0, 0.05) is 17.0 Å². The Balaban J connectivity index is 1.98. The van der Waals surface area contributed by atoms with Crippen molar-refractivity contribution in [3.05, 3.63) is 58.1 Å². The summed E-state index contributed by atoms with van der Waals surface area (Å²) in [6.07, 6.45) is 0. The monoisotopic (exact) mass is 312 g/mol. The van der Waals surface area contributed by atoms with Crippen molar-refractivity contribution < 1.29 is 9.50 Å². The molecule has 0 amide bonds. The van der Waals surface area contributed by atoms with Crippen LogP contribution in [-0.2, 0) is 0 Å². The Hall–Kier alpha value is -2.34. The van der Waals surface area contributed by atoms with E-state index in [-0.39, 0.29) is 10.6 Å². The molecule has 0 spiro atoms. The second-order valence-corrected chi connectivity index (χ2v) is 6.49. The van der Waals surface area contributed by atoms with Crippen LogP contribution in [0.25, 0.3) is 0 Å². The van der Waals surface area contributed by atoms with Gasteiger partial charge in [-0.1, -0.05) is 23.9 Å². The number of non-ortho nitro benzene ring substituents is 1. The lowest BCUT2D eigenvalue weighted by Gasteiger charge is -2.12. The van der Waals surface area contributed by atoms with Crippen molar-refractivity contribution in [3.8, 4) is 0 Å². The number of hydrogen-bond acceptors (Lipinski definition) is 4. The molecule has 110 valence electrons. The Morgan fingerprint density at radius 1 is 1.23 bits per heavy atom. The van der Waals surface area contributed by atoms with Crippen LogP contribution in [0.15, 0.2) is 52.3 Å². The van der Waals surface area contributed by atoms with Crippen molar-refractivity contribution in [2.45, 2.75) is 9.79 Å². The molecule has 2 aliphatic rings. The van der Waals surface area contributed by atoms with Crippen LogP contribution in [-0.4, -0.2) is 35.5 Å². The maximum atomic E-state index is 11.1. The van der Waals surface area contributed by atoms with Crippen LogP contribution in [0.2, 0.25) is 0 Å². The van der Waals surface area contributed by atoms with Crippen molar-refractivity contribution >= 4 is 29.0 Å². The summed E-state index contributed by atoms with van der Waals surface area (Å²) in [5.41, 5.74) is 2.37. The van der Waals surface area contributed by atoms with Gasteiger partial charge in [0.1, 0.15) is 18.8 Å². The number of nitrogens with zero attached hydrogens (tertiary/aromatic N) is 3. The third-order valence-corrected chi connectivity index (χ3v) is 5.19. The van der Waals surface area contributed by atoms with Crippen molar-refractivity contribution in [2.24, 2.45) is 0 Å². The van der Waals surface area contributed by atoms with Crippen molar-refractivity contribution in [2.75, 3.05) is 25.0 Å². The van der Waals surface area contributed by atoms with Gasteiger partial charge in [-0.3, -0.25) is 14.7 Å². The summed E-state index contributed by atoms with van der Waals surface area (Å²) in [6.45, 7) is 1.84. The predicted octanol–water partition coefficient (Wildman–Crippen LogP) is 2.97. The van der Waals surface area contributed by atoms with Gasteiger partial charge in [0.25, 0.3) is 11.5 Å². The van der Waals surface area contributed by atoms with Gasteiger partial charge in [0.2, 0.25) is 0 Å². The maximum absolute atomic E-state index is 11.1. The first-order valence-corrected chi connectivity index (χ1v) is 7.88. The number of rotatable bonds is 1. The number of nitro benzene ring substituents is 1. The first-order chi connectivity index (χ1) is 10.6. The van der Waals surface area contributed by atoms with E-state index in [1.807, 2.05) is 18.2 Å². The Bertz CT molecular complexity index is 832. The molecular formula is C16H14N3O2S+. The number of fused-ring (bicyclic) bond motifs is 5. The molecule has 0 atom stereocenters. The number of hydrogen-bond donors (Lipinski definition) is 0. The van der Waals surface area contributed by atoms with Gasteiger partial charge < -0.3 is 0 Å². The molecule has 0 saturated heterocycles. The Kier molecular flexibility index (Phi) is 2.94. The molecule has 0 N–H and O–H groups in total. The molecule has 4 rings (SSSR count). The summed E-state index contributed by atoms with van der Waals surface area (Å²) < 4.78 is 2.25. The first kappa shape index (κ1) is 13.3. The smallest absolute Gasteiger partial charge is 0.260 e. The molecule has 0 bridgehead atoms. The summed E-state index contributed by atoms with van der Waals surface area (Å²) >= 11 is 1.60. The maximum Gasteiger partial charge on any atom is 0.285 e. The van der Waals surface area contributed by atoms with Gasteiger partial charge in [0.05, 0.1) is 22.4 Å². The fourth-order valence-electron chi connectivity index (χ4n) is 3.03. The summed E-state index contributed by atoms with van der Waals surface area (Å²) in [7, 11) is 2.09. The highest BCUT2D eigenvalue weighted by atomic mass is 32.2. The fourth-order valence-corrected chi connectivity index (χ4v) is 4.15. The average molecular weight is 312 g/mol. The van der Waals surface area contributed by atoms with Crippen LogP contribution in [0.3, 0.4) is 0 Å². The highest BCUT2D eigenvalue weighted by molar-refractivity contribution is 7.99. The molecule has 2 aliphatic heterocycles. The zero-order valence-electron chi connectivity index (χ0n) is 12.0. The van der Waals surface area contributed by atoms with Crippen LogP contribution in [0.5, 0.6) is 0 Å². The van der Waals surface area contributed by atoms with Crippen LogP contribution in [0, 0.1) is 10.1 Å². The summed E-state index contributed by atoms with van der Waals surface area (Å²) in [6, 6.07) is 13.4. The number of nitro groups is 1. The minimum Gasteiger partial charge on any atom is -0.260 e. The highest BCUT2D eigenvalue weighted by Crippen LogP contribution is 2.43. The Morgan fingerprint density at radius 2 is 2.05 bits per heavy atom. The van der Waals surface area contributed by atoms with Crippen molar-refractivity contribution in [3.63, 3.8) is 0 Å². The second-order valence-electron chi connectivity index (χ2n) is 5.40. The minimum atomic E-state index is -0.335. The van der Waals surface area contributed by atoms with Gasteiger partial charge in [-0.2, -0.15) is 0 Å². The third-order valence-electron chi connectivity index (χ3n) is 4.07. The topological polar surface area (TPSA) is 49.4 Å². The van der Waals surface area contributed by atoms with Gasteiger partial charge in [-0.15, -0.1) is 0 Å². The van der Waals surface area contributed by atoms with E-state index in [4.69, 9.17) is 0 Å². The van der Waals surface area contributed by atoms with Crippen molar-refractivity contribution in [1.82, 2.24) is 0 Å². The van der Waals surface area contributed by atoms with E-state index < -0.39 is 0 Å². The predicted molar refractivity (Wildman–Crippen MR) is 86.2 cm³/mol. The lowest BCUT2D eigenvalue weighted by molar-refractivity contribution is -0.485. The molecule has 0 fully saturated rings. The molecule has 22 heavy (non-hydrogen) atoms. The molecule has 0 aromatic heterocycles. The van der Waals surface area contributed by atoms with Crippen LogP contribution < -0.4 is 4.90 Å². The zero-order chi connectivity index (χ0) is 15.3. The molecule has 0 aliphatic carbocycles. The second kappa shape index (κ2) is 4.84. The van der Waals surface area contributed by atoms with Crippen LogP contribution in [0.4, 0.5) is 11.4 Å². The summed E-state index contributed by atoms with van der Waals surface area (Å²) in [4.78, 5) is 15.1. The number of benzene rings is 2. The molecule has 2 aromatic carbocycles. The van der Waals surface area contributed by atoms with Gasteiger partial charge >= 0.3 is 0 Å². The number of likely N-dealkylation sites (N-methyl/N-ethyl adjacent to an activating group) is 1. The highest BCUT2D eigenvalue weighted by Gasteiger charge is 2.37. The van der Waals surface area contributed by atoms with E-state index in [2.05, 4.69) is 28.7 Å². The van der Waals surface area contributed by atoms with E-state index in [1.54, 1.807) is 23.9 Å². The van der Waals surface area contributed by atoms with Gasteiger partial charge in [-0.25, -0.2) is 4.90 Å². The lowest BCUT2D eigenvalue weighted by Crippen LogP contribution is -2.29. The van der Waals surface area contributed by atoms with Gasteiger partial charge in [0.15, 0.2) is 0 Å². The molecule has 6 heteroatoms. The molecule has 2 heterocycles. The Morgan fingerprint density at radius 3 is 2.86 bits per heavy atom. The quantitative estimate of drug-likeness (QED) is 0.461. The number of amidine groups is 1. The number of anilines is 1.